The summed E-state index contributed by atoms with van der Waals surface area (Å²) in [4.78, 5) is 15.9. The molecule has 0 unspecified atom stereocenters. The molecule has 6 heteroatoms. The van der Waals surface area contributed by atoms with E-state index in [1.54, 1.807) is 0 Å². The quantitative estimate of drug-likeness (QED) is 0.508. The van der Waals surface area contributed by atoms with Crippen molar-refractivity contribution in [3.63, 3.8) is 0 Å². The molecular weight excluding hydrogens is 278 g/mol. The van der Waals surface area contributed by atoms with Gasteiger partial charge in [-0.05, 0) is 52.3 Å². The summed E-state index contributed by atoms with van der Waals surface area (Å²) in [5, 5.41) is 8.65. The van der Waals surface area contributed by atoms with Gasteiger partial charge in [0.2, 0.25) is 0 Å². The van der Waals surface area contributed by atoms with Gasteiger partial charge < -0.3 is 21.7 Å². The van der Waals surface area contributed by atoms with Crippen molar-refractivity contribution >= 4 is 17.7 Å². The van der Waals surface area contributed by atoms with Crippen LogP contribution in [0.3, 0.4) is 0 Å². The summed E-state index contributed by atoms with van der Waals surface area (Å²) < 4.78 is 0. The normalized spacial score (nSPS) is 12.2. The smallest absolute Gasteiger partial charge is 0.319 e. The van der Waals surface area contributed by atoms with Crippen LogP contribution in [0.1, 0.15) is 40.2 Å². The number of carbonyl (C=O) groups is 1. The SMILES string of the molecule is CC(C)NC(=O)Nc1ccc(CN=C(N)NC(C)(C)C)cc1. The summed E-state index contributed by atoms with van der Waals surface area (Å²) in [5.41, 5.74) is 7.48. The third-order valence-electron chi connectivity index (χ3n) is 2.57. The van der Waals surface area contributed by atoms with Crippen molar-refractivity contribution in [1.29, 1.82) is 0 Å². The van der Waals surface area contributed by atoms with Gasteiger partial charge in [0.05, 0.1) is 6.54 Å². The highest BCUT2D eigenvalue weighted by atomic mass is 16.2. The lowest BCUT2D eigenvalue weighted by Gasteiger charge is -2.21. The van der Waals surface area contributed by atoms with E-state index in [4.69, 9.17) is 5.73 Å². The molecule has 1 aromatic carbocycles. The van der Waals surface area contributed by atoms with Crippen molar-refractivity contribution < 1.29 is 4.79 Å². The molecule has 0 heterocycles. The number of urea groups is 1. The average Bonchev–Trinajstić information content (AvgIpc) is 2.35. The largest absolute Gasteiger partial charge is 0.370 e. The third kappa shape index (κ3) is 7.52. The van der Waals surface area contributed by atoms with Crippen molar-refractivity contribution in [2.24, 2.45) is 10.7 Å². The van der Waals surface area contributed by atoms with Crippen molar-refractivity contribution in [3.8, 4) is 0 Å². The predicted molar refractivity (Wildman–Crippen MR) is 91.9 cm³/mol. The van der Waals surface area contributed by atoms with Crippen molar-refractivity contribution in [2.75, 3.05) is 5.32 Å². The second-order valence-corrected chi connectivity index (χ2v) is 6.53. The number of nitrogens with one attached hydrogen (secondary N) is 3. The maximum absolute atomic E-state index is 11.6. The van der Waals surface area contributed by atoms with Gasteiger partial charge in [-0.15, -0.1) is 0 Å². The van der Waals surface area contributed by atoms with E-state index in [1.807, 2.05) is 58.9 Å². The molecule has 0 bridgehead atoms. The Hall–Kier alpha value is -2.24. The lowest BCUT2D eigenvalue weighted by Crippen LogP contribution is -2.44. The molecule has 122 valence electrons. The Bertz CT molecular complexity index is 514. The summed E-state index contributed by atoms with van der Waals surface area (Å²) in [6.45, 7) is 10.4. The van der Waals surface area contributed by atoms with Gasteiger partial charge in [-0.2, -0.15) is 0 Å². The highest BCUT2D eigenvalue weighted by Gasteiger charge is 2.09. The monoisotopic (exact) mass is 305 g/mol. The van der Waals surface area contributed by atoms with E-state index < -0.39 is 0 Å². The zero-order chi connectivity index (χ0) is 16.8. The number of hydrogen-bond acceptors (Lipinski definition) is 2. The molecule has 0 saturated carbocycles. The summed E-state index contributed by atoms with van der Waals surface area (Å²) in [6.07, 6.45) is 0. The van der Waals surface area contributed by atoms with Gasteiger partial charge in [-0.25, -0.2) is 9.79 Å². The molecule has 6 nitrogen and oxygen atoms in total. The number of amides is 2. The number of anilines is 1. The second kappa shape index (κ2) is 7.68. The van der Waals surface area contributed by atoms with Crippen LogP contribution in [-0.4, -0.2) is 23.6 Å². The minimum absolute atomic E-state index is 0.104. The number of hydrogen-bond donors (Lipinski definition) is 4. The number of nitrogens with zero attached hydrogens (tertiary/aromatic N) is 1. The van der Waals surface area contributed by atoms with Gasteiger partial charge in [0.1, 0.15) is 0 Å². The van der Waals surface area contributed by atoms with Crippen LogP contribution in [0.15, 0.2) is 29.3 Å². The number of aliphatic imine (C=N–C) groups is 1. The van der Waals surface area contributed by atoms with E-state index in [0.717, 1.165) is 11.3 Å². The van der Waals surface area contributed by atoms with Crippen LogP contribution in [-0.2, 0) is 6.54 Å². The Labute approximate surface area is 132 Å². The molecule has 0 aliphatic carbocycles. The molecule has 0 spiro atoms. The number of guanidine groups is 1. The maximum atomic E-state index is 11.6. The number of rotatable bonds is 4. The molecule has 1 rings (SSSR count). The van der Waals surface area contributed by atoms with Gasteiger partial charge >= 0.3 is 6.03 Å². The Morgan fingerprint density at radius 3 is 2.32 bits per heavy atom. The topological polar surface area (TPSA) is 91.5 Å². The van der Waals surface area contributed by atoms with Crippen molar-refractivity contribution in [2.45, 2.75) is 52.7 Å². The fourth-order valence-corrected chi connectivity index (χ4v) is 1.72. The minimum atomic E-state index is -0.209. The van der Waals surface area contributed by atoms with Crippen molar-refractivity contribution in [3.05, 3.63) is 29.8 Å². The van der Waals surface area contributed by atoms with Gasteiger partial charge in [0.25, 0.3) is 0 Å². The van der Waals surface area contributed by atoms with Crippen LogP contribution in [0.5, 0.6) is 0 Å². The van der Waals surface area contributed by atoms with Crippen LogP contribution in [0.2, 0.25) is 0 Å². The Balaban J connectivity index is 2.55. The first-order chi connectivity index (χ1) is 10.2. The van der Waals surface area contributed by atoms with Crippen LogP contribution in [0.25, 0.3) is 0 Å². The van der Waals surface area contributed by atoms with Gasteiger partial charge in [0, 0.05) is 17.3 Å². The van der Waals surface area contributed by atoms with Gasteiger partial charge in [-0.1, -0.05) is 12.1 Å². The first-order valence-electron chi connectivity index (χ1n) is 7.40. The number of carbonyl (C=O) groups excluding carboxylic acids is 1. The van der Waals surface area contributed by atoms with E-state index in [9.17, 15) is 4.79 Å². The summed E-state index contributed by atoms with van der Waals surface area (Å²) >= 11 is 0. The van der Waals surface area contributed by atoms with Gasteiger partial charge in [-0.3, -0.25) is 0 Å². The molecule has 0 fully saturated rings. The predicted octanol–water partition coefficient (Wildman–Crippen LogP) is 2.42. The Morgan fingerprint density at radius 1 is 1.23 bits per heavy atom. The lowest BCUT2D eigenvalue weighted by atomic mass is 10.1. The highest BCUT2D eigenvalue weighted by molar-refractivity contribution is 5.89. The maximum Gasteiger partial charge on any atom is 0.319 e. The van der Waals surface area contributed by atoms with Gasteiger partial charge in [0.15, 0.2) is 5.96 Å². The summed E-state index contributed by atoms with van der Waals surface area (Å²) in [7, 11) is 0. The van der Waals surface area contributed by atoms with E-state index in [0.29, 0.717) is 12.5 Å². The zero-order valence-corrected chi connectivity index (χ0v) is 14.0. The first kappa shape index (κ1) is 17.8. The van der Waals surface area contributed by atoms with E-state index >= 15 is 0 Å². The highest BCUT2D eigenvalue weighted by Crippen LogP contribution is 2.10. The molecule has 0 radical (unpaired) electrons. The molecule has 22 heavy (non-hydrogen) atoms. The summed E-state index contributed by atoms with van der Waals surface area (Å²) in [6, 6.07) is 7.42. The Morgan fingerprint density at radius 2 is 1.82 bits per heavy atom. The van der Waals surface area contributed by atoms with Crippen LogP contribution < -0.4 is 21.7 Å². The van der Waals surface area contributed by atoms with E-state index in [1.165, 1.54) is 0 Å². The first-order valence-corrected chi connectivity index (χ1v) is 7.40. The fourth-order valence-electron chi connectivity index (χ4n) is 1.72. The molecule has 0 aliphatic heterocycles. The number of nitrogens with two attached hydrogens (primary N) is 1. The molecule has 1 aromatic rings. The van der Waals surface area contributed by atoms with Crippen molar-refractivity contribution in [1.82, 2.24) is 10.6 Å². The van der Waals surface area contributed by atoms with E-state index in [2.05, 4.69) is 20.9 Å². The molecule has 0 aromatic heterocycles. The van der Waals surface area contributed by atoms with Crippen LogP contribution in [0.4, 0.5) is 10.5 Å². The molecule has 2 amide bonds. The Kier molecular flexibility index (Phi) is 6.22. The minimum Gasteiger partial charge on any atom is -0.370 e. The van der Waals surface area contributed by atoms with Crippen LogP contribution in [0, 0.1) is 0 Å². The molecular formula is C16H27N5O. The van der Waals surface area contributed by atoms with Crippen LogP contribution >= 0.6 is 0 Å². The standard InChI is InChI=1S/C16H27N5O/c1-11(2)19-15(22)20-13-8-6-12(7-9-13)10-18-14(17)21-16(3,4)5/h6-9,11H,10H2,1-5H3,(H3,17,18,21)(H2,19,20,22). The average molecular weight is 305 g/mol. The second-order valence-electron chi connectivity index (χ2n) is 6.53. The molecule has 5 N–H and O–H groups in total. The molecule has 0 aliphatic rings. The fraction of sp³-hybridized carbons (Fsp3) is 0.500. The lowest BCUT2D eigenvalue weighted by molar-refractivity contribution is 0.250. The summed E-state index contributed by atoms with van der Waals surface area (Å²) in [5.74, 6) is 0.422. The molecule has 0 atom stereocenters. The zero-order valence-electron chi connectivity index (χ0n) is 14.0. The molecule has 0 saturated heterocycles. The number of benzene rings is 1. The third-order valence-corrected chi connectivity index (χ3v) is 2.57. The van der Waals surface area contributed by atoms with E-state index in [-0.39, 0.29) is 17.6 Å².